The minimum atomic E-state index is -1.25. The molecule has 1 aromatic carbocycles. The maximum Gasteiger partial charge on any atom is 0.412 e. The van der Waals surface area contributed by atoms with Crippen molar-refractivity contribution >= 4 is 18.1 Å². The van der Waals surface area contributed by atoms with Gasteiger partial charge in [-0.3, -0.25) is 5.32 Å². The normalized spacial score (nSPS) is 11.8. The number of hydrogen-bond acceptors (Lipinski definition) is 4. The predicted molar refractivity (Wildman–Crippen MR) is 82.7 cm³/mol. The van der Waals surface area contributed by atoms with Crippen LogP contribution in [0, 0.1) is 6.92 Å². The highest BCUT2D eigenvalue weighted by atomic mass is 16.6. The van der Waals surface area contributed by atoms with Gasteiger partial charge in [-0.15, -0.1) is 0 Å². The topological polar surface area (TPSA) is 84.9 Å². The summed E-state index contributed by atoms with van der Waals surface area (Å²) >= 11 is 0. The summed E-state index contributed by atoms with van der Waals surface area (Å²) < 4.78 is 10.1. The van der Waals surface area contributed by atoms with Crippen molar-refractivity contribution in [1.29, 1.82) is 0 Å². The molecule has 0 unspecified atom stereocenters. The lowest BCUT2D eigenvalue weighted by Gasteiger charge is -2.19. The molecule has 1 rings (SSSR count). The van der Waals surface area contributed by atoms with Crippen LogP contribution in [0.2, 0.25) is 0 Å². The average Bonchev–Trinajstić information content (AvgIpc) is 2.37. The van der Waals surface area contributed by atoms with E-state index in [1.54, 1.807) is 46.1 Å². The highest BCUT2D eigenvalue weighted by Gasteiger charge is 2.19. The number of aliphatic carboxylic acids is 1. The zero-order valence-electron chi connectivity index (χ0n) is 13.4. The van der Waals surface area contributed by atoms with Gasteiger partial charge >= 0.3 is 12.1 Å². The van der Waals surface area contributed by atoms with E-state index >= 15 is 0 Å². The molecular formula is C16H21NO5. The molecule has 0 saturated carbocycles. The van der Waals surface area contributed by atoms with Crippen LogP contribution in [0.25, 0.3) is 6.08 Å². The molecule has 0 saturated heterocycles. The molecule has 0 aromatic heterocycles. The fraction of sp³-hybridized carbons (Fsp3) is 0.375. The zero-order chi connectivity index (χ0) is 16.9. The van der Waals surface area contributed by atoms with Crippen molar-refractivity contribution in [3.63, 3.8) is 0 Å². The molecule has 0 heterocycles. The first-order valence-corrected chi connectivity index (χ1v) is 6.72. The van der Waals surface area contributed by atoms with E-state index in [9.17, 15) is 14.7 Å². The van der Waals surface area contributed by atoms with Gasteiger partial charge in [0.1, 0.15) is 17.0 Å². The second-order valence-electron chi connectivity index (χ2n) is 5.71. The monoisotopic (exact) mass is 307 g/mol. The van der Waals surface area contributed by atoms with Gasteiger partial charge in [-0.2, -0.15) is 0 Å². The van der Waals surface area contributed by atoms with Gasteiger partial charge in [-0.1, -0.05) is 6.07 Å². The first-order valence-electron chi connectivity index (χ1n) is 6.72. The van der Waals surface area contributed by atoms with Crippen LogP contribution >= 0.6 is 0 Å². The molecule has 0 bridgehead atoms. The summed E-state index contributed by atoms with van der Waals surface area (Å²) in [5.41, 5.74) is 0.518. The van der Waals surface area contributed by atoms with Crippen LogP contribution in [0.15, 0.2) is 23.9 Å². The first kappa shape index (κ1) is 17.6. The Morgan fingerprint density at radius 2 is 1.91 bits per heavy atom. The van der Waals surface area contributed by atoms with Gasteiger partial charge in [-0.25, -0.2) is 9.59 Å². The molecule has 1 amide bonds. The summed E-state index contributed by atoms with van der Waals surface area (Å²) in [6, 6.07) is 5.21. The predicted octanol–water partition coefficient (Wildman–Crippen LogP) is 2.95. The highest BCUT2D eigenvalue weighted by molar-refractivity contribution is 5.95. The Kier molecular flexibility index (Phi) is 5.56. The summed E-state index contributed by atoms with van der Waals surface area (Å²) in [5, 5.41) is 11.5. The number of hydrogen-bond donors (Lipinski definition) is 2. The zero-order valence-corrected chi connectivity index (χ0v) is 13.4. The molecule has 1 aromatic rings. The van der Waals surface area contributed by atoms with Crippen LogP contribution in [0.1, 0.15) is 31.9 Å². The van der Waals surface area contributed by atoms with Crippen molar-refractivity contribution in [2.75, 3.05) is 7.11 Å². The minimum Gasteiger partial charge on any atom is -0.497 e. The number of methoxy groups -OCH3 is 1. The Labute approximate surface area is 129 Å². The maximum absolute atomic E-state index is 11.7. The summed E-state index contributed by atoms with van der Waals surface area (Å²) in [6.45, 7) is 6.92. The molecule has 120 valence electrons. The Bertz CT molecular complexity index is 599. The Hall–Kier alpha value is -2.50. The number of amides is 1. The summed E-state index contributed by atoms with van der Waals surface area (Å²) in [6.07, 6.45) is 0.563. The third-order valence-corrected chi connectivity index (χ3v) is 2.64. The van der Waals surface area contributed by atoms with E-state index in [-0.39, 0.29) is 5.70 Å². The Balaban J connectivity index is 3.00. The van der Waals surface area contributed by atoms with Gasteiger partial charge in [0.2, 0.25) is 0 Å². The lowest BCUT2D eigenvalue weighted by Crippen LogP contribution is -2.34. The molecule has 0 atom stereocenters. The number of rotatable bonds is 4. The molecule has 6 nitrogen and oxygen atoms in total. The molecule has 6 heteroatoms. The van der Waals surface area contributed by atoms with E-state index in [1.165, 1.54) is 6.08 Å². The third-order valence-electron chi connectivity index (χ3n) is 2.64. The van der Waals surface area contributed by atoms with E-state index in [1.807, 2.05) is 6.92 Å². The quantitative estimate of drug-likeness (QED) is 0.835. The Morgan fingerprint density at radius 1 is 1.27 bits per heavy atom. The number of benzene rings is 1. The number of alkyl carbamates (subject to hydrolysis) is 1. The van der Waals surface area contributed by atoms with Crippen LogP contribution in [-0.2, 0) is 9.53 Å². The smallest absolute Gasteiger partial charge is 0.412 e. The van der Waals surface area contributed by atoms with Crippen molar-refractivity contribution < 1.29 is 24.2 Å². The lowest BCUT2D eigenvalue weighted by molar-refractivity contribution is -0.133. The van der Waals surface area contributed by atoms with E-state index in [4.69, 9.17) is 9.47 Å². The number of aryl methyl sites for hydroxylation is 1. The molecule has 0 spiro atoms. The van der Waals surface area contributed by atoms with E-state index in [2.05, 4.69) is 5.32 Å². The van der Waals surface area contributed by atoms with Crippen molar-refractivity contribution in [3.05, 3.63) is 35.0 Å². The SMILES string of the molecule is COc1ccc(/C=C(\NC(=O)OC(C)(C)C)C(=O)O)c(C)c1. The summed E-state index contributed by atoms with van der Waals surface area (Å²) in [5.74, 6) is -0.576. The van der Waals surface area contributed by atoms with E-state index in [0.29, 0.717) is 11.3 Å². The van der Waals surface area contributed by atoms with Gasteiger partial charge < -0.3 is 14.6 Å². The molecular weight excluding hydrogens is 286 g/mol. The van der Waals surface area contributed by atoms with Gasteiger partial charge in [0.05, 0.1) is 7.11 Å². The van der Waals surface area contributed by atoms with Crippen LogP contribution in [0.4, 0.5) is 4.79 Å². The van der Waals surface area contributed by atoms with Crippen molar-refractivity contribution in [1.82, 2.24) is 5.32 Å². The molecule has 22 heavy (non-hydrogen) atoms. The largest absolute Gasteiger partial charge is 0.497 e. The standard InChI is InChI=1S/C16H21NO5/c1-10-8-12(21-5)7-6-11(10)9-13(14(18)19)17-15(20)22-16(2,3)4/h6-9H,1-5H3,(H,17,20)(H,18,19)/b13-9-. The second-order valence-corrected chi connectivity index (χ2v) is 5.71. The summed E-state index contributed by atoms with van der Waals surface area (Å²) in [7, 11) is 1.55. The molecule has 0 aliphatic rings. The minimum absolute atomic E-state index is 0.262. The number of carbonyl (C=O) groups is 2. The van der Waals surface area contributed by atoms with Crippen LogP contribution in [0.3, 0.4) is 0 Å². The van der Waals surface area contributed by atoms with Gasteiger partial charge in [-0.05, 0) is 57.0 Å². The number of carboxylic acids is 1. The van der Waals surface area contributed by atoms with Crippen LogP contribution in [-0.4, -0.2) is 29.9 Å². The highest BCUT2D eigenvalue weighted by Crippen LogP contribution is 2.19. The van der Waals surface area contributed by atoms with Crippen molar-refractivity contribution in [3.8, 4) is 5.75 Å². The fourth-order valence-corrected chi connectivity index (χ4v) is 1.66. The van der Waals surface area contributed by atoms with E-state index < -0.39 is 17.7 Å². The van der Waals surface area contributed by atoms with Gasteiger partial charge in [0, 0.05) is 0 Å². The first-order chi connectivity index (χ1) is 10.1. The molecule has 2 N–H and O–H groups in total. The number of carbonyl (C=O) groups excluding carboxylic acids is 1. The molecule has 0 aliphatic carbocycles. The maximum atomic E-state index is 11.7. The second kappa shape index (κ2) is 6.98. The van der Waals surface area contributed by atoms with Crippen LogP contribution in [0.5, 0.6) is 5.75 Å². The van der Waals surface area contributed by atoms with Gasteiger partial charge in [0.25, 0.3) is 0 Å². The fourth-order valence-electron chi connectivity index (χ4n) is 1.66. The molecule has 0 radical (unpaired) electrons. The number of nitrogens with one attached hydrogen (secondary N) is 1. The lowest BCUT2D eigenvalue weighted by atomic mass is 10.1. The number of ether oxygens (including phenoxy) is 2. The van der Waals surface area contributed by atoms with Gasteiger partial charge in [0.15, 0.2) is 0 Å². The van der Waals surface area contributed by atoms with Crippen molar-refractivity contribution in [2.45, 2.75) is 33.3 Å². The average molecular weight is 307 g/mol. The molecule has 0 fully saturated rings. The Morgan fingerprint density at radius 3 is 2.36 bits per heavy atom. The van der Waals surface area contributed by atoms with Crippen LogP contribution < -0.4 is 10.1 Å². The van der Waals surface area contributed by atoms with E-state index in [0.717, 1.165) is 5.56 Å². The summed E-state index contributed by atoms with van der Waals surface area (Å²) in [4.78, 5) is 23.0. The molecule has 0 aliphatic heterocycles. The number of carboxylic acid groups (broad SMARTS) is 1. The van der Waals surface area contributed by atoms with Crippen molar-refractivity contribution in [2.24, 2.45) is 0 Å². The third kappa shape index (κ3) is 5.47.